The maximum Gasteiger partial charge on any atom is 0.387 e. The van der Waals surface area contributed by atoms with Crippen molar-refractivity contribution in [3.05, 3.63) is 35.8 Å². The van der Waals surface area contributed by atoms with Gasteiger partial charge in [0.1, 0.15) is 11.6 Å². The summed E-state index contributed by atoms with van der Waals surface area (Å²) in [5.41, 5.74) is 1.14. The van der Waals surface area contributed by atoms with Crippen LogP contribution in [-0.4, -0.2) is 31.5 Å². The standard InChI is InChI=1S/C16H19F2N3O3S/c1-10(2)15-19-9-14(20-15)25(22,23)21-7-3-4-11-8-12(24-16(17)18)5-6-13(11)21/h5-6,8-10,16H,3-4,7H2,1-2H3,(H,19,20). The van der Waals surface area contributed by atoms with Crippen molar-refractivity contribution in [2.45, 2.75) is 44.2 Å². The normalized spacial score (nSPS) is 14.9. The number of hydrogen-bond acceptors (Lipinski definition) is 4. The summed E-state index contributed by atoms with van der Waals surface area (Å²) in [5.74, 6) is 0.694. The third-order valence-corrected chi connectivity index (χ3v) is 5.76. The second kappa shape index (κ2) is 6.62. The van der Waals surface area contributed by atoms with Crippen LogP contribution in [0.25, 0.3) is 0 Å². The van der Waals surface area contributed by atoms with Gasteiger partial charge in [-0.3, -0.25) is 4.31 Å². The quantitative estimate of drug-likeness (QED) is 0.875. The van der Waals surface area contributed by atoms with Gasteiger partial charge in [0.2, 0.25) is 0 Å². The summed E-state index contributed by atoms with van der Waals surface area (Å²) in [6.45, 7) is 1.23. The van der Waals surface area contributed by atoms with E-state index in [4.69, 9.17) is 0 Å². The van der Waals surface area contributed by atoms with Crippen LogP contribution in [0.5, 0.6) is 5.75 Å². The molecule has 1 aromatic heterocycles. The van der Waals surface area contributed by atoms with Gasteiger partial charge in [0.15, 0.2) is 5.03 Å². The molecule has 0 spiro atoms. The predicted molar refractivity (Wildman–Crippen MR) is 88.6 cm³/mol. The molecule has 0 atom stereocenters. The Bertz CT molecular complexity index is 865. The van der Waals surface area contributed by atoms with Gasteiger partial charge < -0.3 is 9.72 Å². The molecule has 1 N–H and O–H groups in total. The zero-order chi connectivity index (χ0) is 18.2. The van der Waals surface area contributed by atoms with Gasteiger partial charge in [0.05, 0.1) is 11.9 Å². The number of H-pyrrole nitrogens is 1. The highest BCUT2D eigenvalue weighted by Gasteiger charge is 2.31. The Morgan fingerprint density at radius 1 is 1.32 bits per heavy atom. The number of aromatic amines is 1. The van der Waals surface area contributed by atoms with E-state index in [-0.39, 0.29) is 16.7 Å². The molecule has 2 heterocycles. The third-order valence-electron chi connectivity index (χ3n) is 4.04. The average molecular weight is 371 g/mol. The second-order valence-corrected chi connectivity index (χ2v) is 7.97. The molecular weight excluding hydrogens is 352 g/mol. The van der Waals surface area contributed by atoms with Crippen molar-refractivity contribution in [2.24, 2.45) is 0 Å². The number of nitrogens with zero attached hydrogens (tertiary/aromatic N) is 2. The summed E-state index contributed by atoms with van der Waals surface area (Å²) >= 11 is 0. The van der Waals surface area contributed by atoms with Crippen molar-refractivity contribution in [2.75, 3.05) is 10.8 Å². The van der Waals surface area contributed by atoms with Crippen LogP contribution in [0.3, 0.4) is 0 Å². The van der Waals surface area contributed by atoms with E-state index >= 15 is 0 Å². The highest BCUT2D eigenvalue weighted by molar-refractivity contribution is 7.92. The largest absolute Gasteiger partial charge is 0.435 e. The van der Waals surface area contributed by atoms with E-state index in [9.17, 15) is 17.2 Å². The minimum absolute atomic E-state index is 0.0247. The molecule has 25 heavy (non-hydrogen) atoms. The molecule has 0 amide bonds. The number of rotatable bonds is 5. The lowest BCUT2D eigenvalue weighted by atomic mass is 10.0. The summed E-state index contributed by atoms with van der Waals surface area (Å²) in [6, 6.07) is 4.32. The molecule has 0 fully saturated rings. The van der Waals surface area contributed by atoms with Gasteiger partial charge in [0, 0.05) is 12.5 Å². The second-order valence-electron chi connectivity index (χ2n) is 6.14. The summed E-state index contributed by atoms with van der Waals surface area (Å²) in [7, 11) is -3.80. The van der Waals surface area contributed by atoms with Gasteiger partial charge in [0.25, 0.3) is 10.0 Å². The molecule has 0 radical (unpaired) electrons. The minimum Gasteiger partial charge on any atom is -0.435 e. The molecule has 1 aromatic carbocycles. The summed E-state index contributed by atoms with van der Waals surface area (Å²) in [6.07, 6.45) is 2.50. The van der Waals surface area contributed by atoms with E-state index in [2.05, 4.69) is 14.7 Å². The highest BCUT2D eigenvalue weighted by atomic mass is 32.2. The van der Waals surface area contributed by atoms with E-state index in [1.54, 1.807) is 0 Å². The number of hydrogen-bond donors (Lipinski definition) is 1. The fourth-order valence-electron chi connectivity index (χ4n) is 2.83. The van der Waals surface area contributed by atoms with Gasteiger partial charge in [-0.25, -0.2) is 4.98 Å². The van der Waals surface area contributed by atoms with Crippen LogP contribution in [0.2, 0.25) is 0 Å². The molecule has 0 saturated heterocycles. The fraction of sp³-hybridized carbons (Fsp3) is 0.438. The first-order valence-corrected chi connectivity index (χ1v) is 9.38. The van der Waals surface area contributed by atoms with Crippen LogP contribution in [-0.2, 0) is 16.4 Å². The van der Waals surface area contributed by atoms with Crippen molar-refractivity contribution in [1.29, 1.82) is 0 Å². The van der Waals surface area contributed by atoms with Crippen LogP contribution in [0.15, 0.2) is 29.4 Å². The third kappa shape index (κ3) is 3.46. The first-order chi connectivity index (χ1) is 11.8. The molecule has 1 aliphatic rings. The summed E-state index contributed by atoms with van der Waals surface area (Å²) in [5, 5.41) is 0.0250. The van der Waals surface area contributed by atoms with E-state index in [0.717, 1.165) is 0 Å². The number of alkyl halides is 2. The molecule has 136 valence electrons. The molecule has 1 aliphatic heterocycles. The van der Waals surface area contributed by atoms with Crippen molar-refractivity contribution in [3.63, 3.8) is 0 Å². The average Bonchev–Trinajstić information content (AvgIpc) is 3.04. The maximum absolute atomic E-state index is 13.0. The zero-order valence-electron chi connectivity index (χ0n) is 13.9. The highest BCUT2D eigenvalue weighted by Crippen LogP contribution is 2.34. The van der Waals surface area contributed by atoms with Crippen molar-refractivity contribution in [3.8, 4) is 5.75 Å². The Labute approximate surface area is 144 Å². The SMILES string of the molecule is CC(C)c1ncc(S(=O)(=O)N2CCCc3cc(OC(F)F)ccc32)[nH]1. The number of nitrogens with one attached hydrogen (secondary N) is 1. The van der Waals surface area contributed by atoms with Crippen LogP contribution in [0, 0.1) is 0 Å². The van der Waals surface area contributed by atoms with Gasteiger partial charge in [-0.15, -0.1) is 0 Å². The van der Waals surface area contributed by atoms with Crippen molar-refractivity contribution < 1.29 is 21.9 Å². The number of benzene rings is 1. The Morgan fingerprint density at radius 2 is 2.08 bits per heavy atom. The smallest absolute Gasteiger partial charge is 0.387 e. The maximum atomic E-state index is 13.0. The Balaban J connectivity index is 1.96. The lowest BCUT2D eigenvalue weighted by molar-refractivity contribution is -0.0498. The van der Waals surface area contributed by atoms with E-state index in [1.165, 1.54) is 28.7 Å². The van der Waals surface area contributed by atoms with Gasteiger partial charge in [-0.2, -0.15) is 17.2 Å². The van der Waals surface area contributed by atoms with Gasteiger partial charge >= 0.3 is 6.61 Å². The summed E-state index contributed by atoms with van der Waals surface area (Å²) < 4.78 is 56.3. The molecule has 3 rings (SSSR count). The van der Waals surface area contributed by atoms with E-state index in [0.29, 0.717) is 36.5 Å². The number of imidazole rings is 1. The van der Waals surface area contributed by atoms with Crippen LogP contribution in [0.1, 0.15) is 37.6 Å². The topological polar surface area (TPSA) is 75.3 Å². The van der Waals surface area contributed by atoms with Crippen LogP contribution >= 0.6 is 0 Å². The lowest BCUT2D eigenvalue weighted by Gasteiger charge is -2.30. The molecule has 0 aliphatic carbocycles. The van der Waals surface area contributed by atoms with Crippen LogP contribution < -0.4 is 9.04 Å². The van der Waals surface area contributed by atoms with Crippen molar-refractivity contribution >= 4 is 15.7 Å². The molecular formula is C16H19F2N3O3S. The number of aromatic nitrogens is 2. The molecule has 9 heteroatoms. The van der Waals surface area contributed by atoms with Crippen LogP contribution in [0.4, 0.5) is 14.5 Å². The van der Waals surface area contributed by atoms with E-state index < -0.39 is 16.6 Å². The number of aryl methyl sites for hydroxylation is 1. The predicted octanol–water partition coefficient (Wildman–Crippen LogP) is 3.28. The fourth-order valence-corrected chi connectivity index (χ4v) is 4.29. The molecule has 2 aromatic rings. The van der Waals surface area contributed by atoms with Gasteiger partial charge in [-0.05, 0) is 36.6 Å². The number of fused-ring (bicyclic) bond motifs is 1. The summed E-state index contributed by atoms with van der Waals surface area (Å²) in [4.78, 5) is 6.97. The Hall–Kier alpha value is -2.16. The van der Waals surface area contributed by atoms with E-state index in [1.807, 2.05) is 13.8 Å². The number of halogens is 2. The van der Waals surface area contributed by atoms with Gasteiger partial charge in [-0.1, -0.05) is 13.8 Å². The minimum atomic E-state index is -3.80. The zero-order valence-corrected chi connectivity index (χ0v) is 14.7. The molecule has 0 unspecified atom stereocenters. The molecule has 0 saturated carbocycles. The lowest BCUT2D eigenvalue weighted by Crippen LogP contribution is -2.35. The number of ether oxygens (including phenoxy) is 1. The number of sulfonamides is 1. The van der Waals surface area contributed by atoms with Crippen molar-refractivity contribution in [1.82, 2.24) is 9.97 Å². The first-order valence-electron chi connectivity index (χ1n) is 7.94. The first kappa shape index (κ1) is 17.7. The number of anilines is 1. The molecule has 0 bridgehead atoms. The molecule has 6 nitrogen and oxygen atoms in total. The monoisotopic (exact) mass is 371 g/mol. The Kier molecular flexibility index (Phi) is 4.68. The Morgan fingerprint density at radius 3 is 2.72 bits per heavy atom.